The van der Waals surface area contributed by atoms with Gasteiger partial charge in [0, 0.05) is 25.7 Å². The van der Waals surface area contributed by atoms with Gasteiger partial charge in [-0.05, 0) is 57.5 Å². The van der Waals surface area contributed by atoms with Crippen LogP contribution >= 0.6 is 11.6 Å². The molecule has 3 nitrogen and oxygen atoms in total. The minimum Gasteiger partial charge on any atom is -0.370 e. The Morgan fingerprint density at radius 1 is 1.29 bits per heavy atom. The van der Waals surface area contributed by atoms with Crippen molar-refractivity contribution in [1.29, 1.82) is 0 Å². The second-order valence-corrected chi connectivity index (χ2v) is 6.87. The molecular weight excluding hydrogens is 282 g/mol. The van der Waals surface area contributed by atoms with E-state index in [-0.39, 0.29) is 0 Å². The fourth-order valence-corrected chi connectivity index (χ4v) is 4.42. The van der Waals surface area contributed by atoms with E-state index in [1.54, 1.807) is 0 Å². The zero-order valence-electron chi connectivity index (χ0n) is 13.1. The number of piperidine rings is 2. The third-order valence-electron chi connectivity index (χ3n) is 5.10. The maximum Gasteiger partial charge on any atom is 0.0642 e. The molecule has 0 spiro atoms. The van der Waals surface area contributed by atoms with Gasteiger partial charge in [0.2, 0.25) is 0 Å². The van der Waals surface area contributed by atoms with Crippen LogP contribution in [0.2, 0.25) is 5.02 Å². The molecule has 0 radical (unpaired) electrons. The van der Waals surface area contributed by atoms with Crippen molar-refractivity contribution < 1.29 is 0 Å². The second-order valence-electron chi connectivity index (χ2n) is 6.46. The highest BCUT2D eigenvalue weighted by Gasteiger charge is 2.35. The summed E-state index contributed by atoms with van der Waals surface area (Å²) in [4.78, 5) is 5.09. The van der Waals surface area contributed by atoms with Crippen LogP contribution in [0, 0.1) is 5.92 Å². The monoisotopic (exact) mass is 307 g/mol. The Balaban J connectivity index is 1.82. The van der Waals surface area contributed by atoms with Crippen molar-refractivity contribution in [2.75, 3.05) is 38.6 Å². The molecule has 1 aromatic rings. The summed E-state index contributed by atoms with van der Waals surface area (Å²) in [6.07, 6.45) is 3.94. The highest BCUT2D eigenvalue weighted by molar-refractivity contribution is 6.33. The zero-order chi connectivity index (χ0) is 14.8. The van der Waals surface area contributed by atoms with Crippen molar-refractivity contribution in [3.05, 3.63) is 28.8 Å². The topological polar surface area (TPSA) is 18.5 Å². The maximum absolute atomic E-state index is 6.52. The van der Waals surface area contributed by atoms with Gasteiger partial charge in [0.15, 0.2) is 0 Å². The predicted molar refractivity (Wildman–Crippen MR) is 90.2 cm³/mol. The summed E-state index contributed by atoms with van der Waals surface area (Å²) in [7, 11) is 4.28. The molecule has 2 unspecified atom stereocenters. The average molecular weight is 308 g/mol. The Morgan fingerprint density at radius 2 is 2.14 bits per heavy atom. The molecule has 4 heteroatoms. The van der Waals surface area contributed by atoms with E-state index in [2.05, 4.69) is 34.3 Å². The lowest BCUT2D eigenvalue weighted by atomic mass is 9.84. The Hall–Kier alpha value is -0.770. The number of halogens is 1. The fraction of sp³-hybridized carbons (Fsp3) is 0.647. The molecule has 1 aromatic carbocycles. The predicted octanol–water partition coefficient (Wildman–Crippen LogP) is 2.98. The number of hydrogen-bond donors (Lipinski definition) is 1. The number of nitrogens with zero attached hydrogens (tertiary/aromatic N) is 2. The number of para-hydroxylation sites is 1. The average Bonchev–Trinajstić information content (AvgIpc) is 2.48. The first-order chi connectivity index (χ1) is 10.2. The zero-order valence-corrected chi connectivity index (χ0v) is 13.9. The van der Waals surface area contributed by atoms with E-state index in [0.29, 0.717) is 0 Å². The fourth-order valence-electron chi connectivity index (χ4n) is 4.10. The molecule has 1 N–H and O–H groups in total. The number of benzene rings is 1. The SMILES string of the molecule is CNCc1cccc(Cl)c1N1CCC2C(CCCN2C)C1. The minimum atomic E-state index is 0.769. The Morgan fingerprint density at radius 3 is 2.95 bits per heavy atom. The third-order valence-corrected chi connectivity index (χ3v) is 5.40. The highest BCUT2D eigenvalue weighted by Crippen LogP contribution is 2.36. The largest absolute Gasteiger partial charge is 0.370 e. The molecule has 0 bridgehead atoms. The summed E-state index contributed by atoms with van der Waals surface area (Å²) in [5.74, 6) is 0.788. The number of anilines is 1. The first-order valence-electron chi connectivity index (χ1n) is 8.08. The number of rotatable bonds is 3. The second kappa shape index (κ2) is 6.55. The quantitative estimate of drug-likeness (QED) is 0.926. The third kappa shape index (κ3) is 3.05. The van der Waals surface area contributed by atoms with Gasteiger partial charge in [-0.1, -0.05) is 23.7 Å². The summed E-state index contributed by atoms with van der Waals surface area (Å²) in [5, 5.41) is 4.15. The maximum atomic E-state index is 6.52. The van der Waals surface area contributed by atoms with Crippen molar-refractivity contribution in [2.24, 2.45) is 5.92 Å². The first kappa shape index (κ1) is 15.1. The van der Waals surface area contributed by atoms with Crippen LogP contribution in [0.5, 0.6) is 0 Å². The summed E-state index contributed by atoms with van der Waals surface area (Å²) in [6, 6.07) is 7.04. The summed E-state index contributed by atoms with van der Waals surface area (Å²) in [6.45, 7) is 4.40. The van der Waals surface area contributed by atoms with Crippen LogP contribution in [0.3, 0.4) is 0 Å². The molecular formula is C17H26ClN3. The molecule has 0 saturated carbocycles. The number of hydrogen-bond acceptors (Lipinski definition) is 3. The van der Waals surface area contributed by atoms with E-state index < -0.39 is 0 Å². The Kier molecular flexibility index (Phi) is 4.72. The van der Waals surface area contributed by atoms with Crippen LogP contribution in [-0.2, 0) is 6.54 Å². The molecule has 21 heavy (non-hydrogen) atoms. The van der Waals surface area contributed by atoms with Crippen LogP contribution in [0.1, 0.15) is 24.8 Å². The smallest absolute Gasteiger partial charge is 0.0642 e. The van der Waals surface area contributed by atoms with Crippen molar-refractivity contribution in [3.8, 4) is 0 Å². The molecule has 0 aliphatic carbocycles. The van der Waals surface area contributed by atoms with E-state index in [9.17, 15) is 0 Å². The molecule has 116 valence electrons. The lowest BCUT2D eigenvalue weighted by molar-refractivity contribution is 0.102. The Bertz CT molecular complexity index is 491. The summed E-state index contributed by atoms with van der Waals surface area (Å²) >= 11 is 6.52. The lowest BCUT2D eigenvalue weighted by Gasteiger charge is -2.47. The van der Waals surface area contributed by atoms with E-state index in [1.165, 1.54) is 37.1 Å². The van der Waals surface area contributed by atoms with Crippen molar-refractivity contribution in [2.45, 2.75) is 31.8 Å². The van der Waals surface area contributed by atoms with E-state index in [4.69, 9.17) is 11.6 Å². The van der Waals surface area contributed by atoms with Crippen LogP contribution in [-0.4, -0.2) is 44.7 Å². The summed E-state index contributed by atoms with van der Waals surface area (Å²) < 4.78 is 0. The van der Waals surface area contributed by atoms with E-state index in [0.717, 1.165) is 36.6 Å². The van der Waals surface area contributed by atoms with Crippen LogP contribution in [0.15, 0.2) is 18.2 Å². The minimum absolute atomic E-state index is 0.769. The molecule has 3 rings (SSSR count). The molecule has 2 fully saturated rings. The van der Waals surface area contributed by atoms with Gasteiger partial charge in [-0.2, -0.15) is 0 Å². The molecule has 2 saturated heterocycles. The van der Waals surface area contributed by atoms with Crippen LogP contribution in [0.4, 0.5) is 5.69 Å². The molecule has 0 amide bonds. The van der Waals surface area contributed by atoms with Gasteiger partial charge in [-0.25, -0.2) is 0 Å². The summed E-state index contributed by atoms with van der Waals surface area (Å²) in [5.41, 5.74) is 2.56. The number of nitrogens with one attached hydrogen (secondary N) is 1. The van der Waals surface area contributed by atoms with E-state index >= 15 is 0 Å². The van der Waals surface area contributed by atoms with Crippen molar-refractivity contribution >= 4 is 17.3 Å². The van der Waals surface area contributed by atoms with Gasteiger partial charge in [0.25, 0.3) is 0 Å². The standard InChI is InChI=1S/C17H26ClN3/c1-19-11-13-5-3-7-15(18)17(13)21-10-8-16-14(12-21)6-4-9-20(16)2/h3,5,7,14,16,19H,4,6,8-12H2,1-2H3. The normalized spacial score (nSPS) is 26.7. The van der Waals surface area contributed by atoms with E-state index in [1.807, 2.05) is 13.1 Å². The van der Waals surface area contributed by atoms with Gasteiger partial charge in [-0.15, -0.1) is 0 Å². The molecule has 2 aliphatic rings. The van der Waals surface area contributed by atoms with Crippen LogP contribution < -0.4 is 10.2 Å². The molecule has 2 heterocycles. The molecule has 0 aromatic heterocycles. The van der Waals surface area contributed by atoms with Gasteiger partial charge < -0.3 is 15.1 Å². The number of likely N-dealkylation sites (tertiary alicyclic amines) is 1. The molecule has 2 atom stereocenters. The first-order valence-corrected chi connectivity index (χ1v) is 8.45. The molecule has 2 aliphatic heterocycles. The van der Waals surface area contributed by atoms with Gasteiger partial charge in [0.05, 0.1) is 10.7 Å². The lowest BCUT2D eigenvalue weighted by Crippen LogP contribution is -2.53. The van der Waals surface area contributed by atoms with Crippen LogP contribution in [0.25, 0.3) is 0 Å². The van der Waals surface area contributed by atoms with Crippen molar-refractivity contribution in [3.63, 3.8) is 0 Å². The van der Waals surface area contributed by atoms with Gasteiger partial charge >= 0.3 is 0 Å². The van der Waals surface area contributed by atoms with Gasteiger partial charge in [-0.3, -0.25) is 0 Å². The van der Waals surface area contributed by atoms with Crippen molar-refractivity contribution in [1.82, 2.24) is 10.2 Å². The van der Waals surface area contributed by atoms with Gasteiger partial charge in [0.1, 0.15) is 0 Å². The highest BCUT2D eigenvalue weighted by atomic mass is 35.5. The number of fused-ring (bicyclic) bond motifs is 1. The Labute approximate surface area is 133 Å².